The molecule has 0 spiro atoms. The Bertz CT molecular complexity index is 447. The molecule has 0 aliphatic carbocycles. The minimum atomic E-state index is -4.42. The van der Waals surface area contributed by atoms with Crippen LogP contribution >= 0.6 is 0 Å². The Hall–Kier alpha value is -1.30. The van der Waals surface area contributed by atoms with Gasteiger partial charge in [-0.25, -0.2) is 4.98 Å². The number of fused-ring (bicyclic) bond motifs is 3. The number of pyridine rings is 1. The Morgan fingerprint density at radius 1 is 1.35 bits per heavy atom. The van der Waals surface area contributed by atoms with E-state index >= 15 is 0 Å². The highest BCUT2D eigenvalue weighted by molar-refractivity contribution is 5.37. The summed E-state index contributed by atoms with van der Waals surface area (Å²) in [6, 6.07) is 2.48. The smallest absolute Gasteiger partial charge is 0.433 e. The van der Waals surface area contributed by atoms with Gasteiger partial charge in [0, 0.05) is 5.56 Å². The van der Waals surface area contributed by atoms with Gasteiger partial charge >= 0.3 is 6.18 Å². The molecule has 17 heavy (non-hydrogen) atoms. The molecule has 3 rings (SSSR count). The monoisotopic (exact) mass is 244 g/mol. The molecule has 2 aliphatic rings. The van der Waals surface area contributed by atoms with Crippen molar-refractivity contribution >= 4 is 0 Å². The lowest BCUT2D eigenvalue weighted by Crippen LogP contribution is -2.36. The summed E-state index contributed by atoms with van der Waals surface area (Å²) >= 11 is 0. The lowest BCUT2D eigenvalue weighted by Gasteiger charge is -2.24. The molecule has 2 aliphatic heterocycles. The maximum Gasteiger partial charge on any atom is 0.433 e. The van der Waals surface area contributed by atoms with Crippen LogP contribution in [0.3, 0.4) is 0 Å². The van der Waals surface area contributed by atoms with Crippen LogP contribution in [0.1, 0.15) is 30.1 Å². The number of hydrogen-bond acceptors (Lipinski definition) is 3. The van der Waals surface area contributed by atoms with E-state index < -0.39 is 11.9 Å². The van der Waals surface area contributed by atoms with Crippen LogP contribution in [0.4, 0.5) is 13.2 Å². The Morgan fingerprint density at radius 3 is 2.94 bits per heavy atom. The standard InChI is InChI=1S/C11H11F3N2O/c12-11(13,14)8-4-3-6-9-7(2-1-5-15-9)17-10(6)16-8/h3-4,7,9,15H,1-2,5H2. The van der Waals surface area contributed by atoms with Crippen molar-refractivity contribution in [2.75, 3.05) is 6.54 Å². The molecule has 0 saturated carbocycles. The van der Waals surface area contributed by atoms with Crippen LogP contribution in [-0.2, 0) is 6.18 Å². The molecule has 2 atom stereocenters. The van der Waals surface area contributed by atoms with E-state index in [0.29, 0.717) is 0 Å². The summed E-state index contributed by atoms with van der Waals surface area (Å²) in [4.78, 5) is 3.56. The predicted octanol–water partition coefficient (Wildman–Crippen LogP) is 2.29. The fourth-order valence-corrected chi connectivity index (χ4v) is 2.38. The fraction of sp³-hybridized carbons (Fsp3) is 0.545. The number of aromatic nitrogens is 1. The molecule has 0 bridgehead atoms. The van der Waals surface area contributed by atoms with E-state index in [1.165, 1.54) is 6.07 Å². The van der Waals surface area contributed by atoms with Crippen molar-refractivity contribution in [1.82, 2.24) is 10.3 Å². The zero-order valence-corrected chi connectivity index (χ0v) is 8.92. The molecular weight excluding hydrogens is 233 g/mol. The van der Waals surface area contributed by atoms with Crippen molar-refractivity contribution in [2.45, 2.75) is 31.2 Å². The van der Waals surface area contributed by atoms with Crippen LogP contribution < -0.4 is 10.1 Å². The molecule has 6 heteroatoms. The predicted molar refractivity (Wildman–Crippen MR) is 53.6 cm³/mol. The van der Waals surface area contributed by atoms with Gasteiger partial charge in [-0.2, -0.15) is 13.2 Å². The van der Waals surface area contributed by atoms with Gasteiger partial charge in [0.1, 0.15) is 11.8 Å². The van der Waals surface area contributed by atoms with E-state index in [0.717, 1.165) is 31.0 Å². The molecule has 1 fully saturated rings. The molecule has 92 valence electrons. The molecular formula is C11H11F3N2O. The lowest BCUT2D eigenvalue weighted by atomic mass is 9.98. The van der Waals surface area contributed by atoms with E-state index in [2.05, 4.69) is 10.3 Å². The first-order valence-corrected chi connectivity index (χ1v) is 5.54. The summed E-state index contributed by atoms with van der Waals surface area (Å²) in [5, 5.41) is 3.25. The molecule has 1 N–H and O–H groups in total. The maximum atomic E-state index is 12.5. The van der Waals surface area contributed by atoms with Crippen LogP contribution in [0.5, 0.6) is 5.88 Å². The average Bonchev–Trinajstić information content (AvgIpc) is 2.65. The molecule has 2 unspecified atom stereocenters. The number of ether oxygens (including phenoxy) is 1. The summed E-state index contributed by atoms with van der Waals surface area (Å²) < 4.78 is 43.0. The number of alkyl halides is 3. The van der Waals surface area contributed by atoms with Crippen LogP contribution in [0, 0.1) is 0 Å². The van der Waals surface area contributed by atoms with E-state index in [1.54, 1.807) is 0 Å². The van der Waals surface area contributed by atoms with Crippen LogP contribution in [0.2, 0.25) is 0 Å². The quantitative estimate of drug-likeness (QED) is 0.760. The number of piperidine rings is 1. The molecule has 1 aromatic rings. The third kappa shape index (κ3) is 1.76. The number of nitrogens with zero attached hydrogens (tertiary/aromatic N) is 1. The maximum absolute atomic E-state index is 12.5. The highest BCUT2D eigenvalue weighted by Crippen LogP contribution is 2.40. The highest BCUT2D eigenvalue weighted by Gasteiger charge is 2.40. The second kappa shape index (κ2) is 3.60. The Labute approximate surface area is 96.0 Å². The van der Waals surface area contributed by atoms with E-state index in [-0.39, 0.29) is 18.0 Å². The van der Waals surface area contributed by atoms with Gasteiger partial charge in [-0.1, -0.05) is 0 Å². The van der Waals surface area contributed by atoms with Crippen molar-refractivity contribution in [2.24, 2.45) is 0 Å². The van der Waals surface area contributed by atoms with E-state index in [9.17, 15) is 13.2 Å². The number of halogens is 3. The van der Waals surface area contributed by atoms with Crippen LogP contribution in [0.15, 0.2) is 12.1 Å². The summed E-state index contributed by atoms with van der Waals surface area (Å²) in [7, 11) is 0. The molecule has 1 saturated heterocycles. The van der Waals surface area contributed by atoms with Crippen molar-refractivity contribution in [3.05, 3.63) is 23.4 Å². The van der Waals surface area contributed by atoms with E-state index in [4.69, 9.17) is 4.74 Å². The lowest BCUT2D eigenvalue weighted by molar-refractivity contribution is -0.141. The number of hydrogen-bond donors (Lipinski definition) is 1. The Morgan fingerprint density at radius 2 is 2.18 bits per heavy atom. The third-order valence-electron chi connectivity index (χ3n) is 3.18. The van der Waals surface area contributed by atoms with Crippen molar-refractivity contribution < 1.29 is 17.9 Å². The SMILES string of the molecule is FC(F)(F)c1ccc2c(n1)OC1CCCNC21. The molecule has 0 amide bonds. The number of nitrogens with one attached hydrogen (secondary N) is 1. The molecule has 0 radical (unpaired) electrons. The average molecular weight is 244 g/mol. The van der Waals surface area contributed by atoms with Gasteiger partial charge in [-0.3, -0.25) is 0 Å². The highest BCUT2D eigenvalue weighted by atomic mass is 19.4. The van der Waals surface area contributed by atoms with Crippen LogP contribution in [-0.4, -0.2) is 17.6 Å². The van der Waals surface area contributed by atoms with Gasteiger partial charge < -0.3 is 10.1 Å². The zero-order chi connectivity index (χ0) is 12.0. The third-order valence-corrected chi connectivity index (χ3v) is 3.18. The van der Waals surface area contributed by atoms with Crippen LogP contribution in [0.25, 0.3) is 0 Å². The normalized spacial score (nSPS) is 27.2. The van der Waals surface area contributed by atoms with Gasteiger partial charge in [0.15, 0.2) is 0 Å². The van der Waals surface area contributed by atoms with Crippen molar-refractivity contribution in [1.29, 1.82) is 0 Å². The number of rotatable bonds is 0. The Balaban J connectivity index is 1.97. The first-order valence-electron chi connectivity index (χ1n) is 5.54. The molecule has 0 aromatic carbocycles. The summed E-state index contributed by atoms with van der Waals surface area (Å²) in [6.45, 7) is 0.866. The van der Waals surface area contributed by atoms with Gasteiger partial charge in [-0.15, -0.1) is 0 Å². The molecule has 3 nitrogen and oxygen atoms in total. The van der Waals surface area contributed by atoms with E-state index in [1.807, 2.05) is 0 Å². The topological polar surface area (TPSA) is 34.1 Å². The summed E-state index contributed by atoms with van der Waals surface area (Å²) in [5.74, 6) is 0.129. The fourth-order valence-electron chi connectivity index (χ4n) is 2.38. The summed E-state index contributed by atoms with van der Waals surface area (Å²) in [5.41, 5.74) is -0.155. The van der Waals surface area contributed by atoms with Gasteiger partial charge in [0.2, 0.25) is 5.88 Å². The molecule has 1 aromatic heterocycles. The van der Waals surface area contributed by atoms with Gasteiger partial charge in [0.25, 0.3) is 0 Å². The largest absolute Gasteiger partial charge is 0.472 e. The first kappa shape index (κ1) is 10.8. The first-order chi connectivity index (χ1) is 8.05. The van der Waals surface area contributed by atoms with Crippen molar-refractivity contribution in [3.8, 4) is 5.88 Å². The van der Waals surface area contributed by atoms with Crippen molar-refractivity contribution in [3.63, 3.8) is 0 Å². The Kier molecular flexibility index (Phi) is 2.29. The van der Waals surface area contributed by atoms with Gasteiger partial charge in [0.05, 0.1) is 6.04 Å². The minimum absolute atomic E-state index is 0.00599. The second-order valence-electron chi connectivity index (χ2n) is 4.32. The molecule has 3 heterocycles. The zero-order valence-electron chi connectivity index (χ0n) is 8.92. The van der Waals surface area contributed by atoms with Gasteiger partial charge in [-0.05, 0) is 31.5 Å². The second-order valence-corrected chi connectivity index (χ2v) is 4.32. The summed E-state index contributed by atoms with van der Waals surface area (Å²) in [6.07, 6.45) is -2.66. The minimum Gasteiger partial charge on any atom is -0.472 e.